The van der Waals surface area contributed by atoms with Crippen LogP contribution in [0.4, 0.5) is 5.82 Å². The number of amides is 1. The van der Waals surface area contributed by atoms with E-state index in [2.05, 4.69) is 32.5 Å². The van der Waals surface area contributed by atoms with Crippen LogP contribution in [-0.2, 0) is 20.9 Å². The number of anilines is 1. The highest BCUT2D eigenvalue weighted by Crippen LogP contribution is 2.30. The molecule has 0 spiro atoms. The number of carbonyl (C=O) groups excluding carboxylic acids is 2. The standard InChI is InChI=1S/C26H30N6O4/c1-2-5-20(33)8-9-24(35)28-11-10-27-17-19-16-22-26(31-12-14-36-15-13-31)29-25(30-32(22)18-19)21-6-3-4-7-23(21)34/h3-4,6-7,16,18,27,34H,8-15,17H2,1H3,(H,28,35). The van der Waals surface area contributed by atoms with Crippen molar-refractivity contribution in [1.29, 1.82) is 0 Å². The number of aromatic nitrogens is 3. The van der Waals surface area contributed by atoms with Gasteiger partial charge in [0.05, 0.1) is 18.8 Å². The van der Waals surface area contributed by atoms with Crippen molar-refractivity contribution in [2.24, 2.45) is 0 Å². The van der Waals surface area contributed by atoms with Crippen molar-refractivity contribution in [3.63, 3.8) is 0 Å². The number of aromatic hydroxyl groups is 1. The third-order valence-electron chi connectivity index (χ3n) is 5.75. The largest absolute Gasteiger partial charge is 0.507 e. The maximum absolute atomic E-state index is 11.9. The number of phenolic OH excluding ortho intramolecular Hbond substituents is 1. The van der Waals surface area contributed by atoms with Gasteiger partial charge in [-0.3, -0.25) is 9.59 Å². The number of para-hydroxylation sites is 1. The van der Waals surface area contributed by atoms with Crippen molar-refractivity contribution < 1.29 is 19.4 Å². The van der Waals surface area contributed by atoms with Crippen LogP contribution in [0.15, 0.2) is 36.5 Å². The third-order valence-corrected chi connectivity index (χ3v) is 5.75. The number of Topliss-reactive ketones (excluding diaryl/α,β-unsaturated/α-hetero) is 1. The van der Waals surface area contributed by atoms with Gasteiger partial charge < -0.3 is 25.4 Å². The van der Waals surface area contributed by atoms with Gasteiger partial charge in [0.1, 0.15) is 11.3 Å². The van der Waals surface area contributed by atoms with E-state index in [1.54, 1.807) is 29.6 Å². The van der Waals surface area contributed by atoms with Gasteiger partial charge in [-0.05, 0) is 36.6 Å². The van der Waals surface area contributed by atoms with Gasteiger partial charge in [0.15, 0.2) is 11.6 Å². The summed E-state index contributed by atoms with van der Waals surface area (Å²) >= 11 is 0. The summed E-state index contributed by atoms with van der Waals surface area (Å²) in [6.07, 6.45) is 2.21. The Balaban J connectivity index is 1.41. The quantitative estimate of drug-likeness (QED) is 0.222. The van der Waals surface area contributed by atoms with Gasteiger partial charge in [-0.15, -0.1) is 5.10 Å². The average molecular weight is 491 g/mol. The maximum Gasteiger partial charge on any atom is 0.220 e. The van der Waals surface area contributed by atoms with Gasteiger partial charge in [0.2, 0.25) is 11.7 Å². The average Bonchev–Trinajstić information content (AvgIpc) is 3.30. The molecular formula is C26H30N6O4. The Morgan fingerprint density at radius 1 is 1.17 bits per heavy atom. The van der Waals surface area contributed by atoms with Crippen LogP contribution in [-0.4, -0.2) is 70.8 Å². The van der Waals surface area contributed by atoms with Gasteiger partial charge in [0, 0.05) is 51.8 Å². The highest BCUT2D eigenvalue weighted by Gasteiger charge is 2.20. The lowest BCUT2D eigenvalue weighted by atomic mass is 10.2. The molecule has 1 fully saturated rings. The summed E-state index contributed by atoms with van der Waals surface area (Å²) in [7, 11) is 0. The lowest BCUT2D eigenvalue weighted by molar-refractivity contribution is -0.123. The van der Waals surface area contributed by atoms with Gasteiger partial charge in [0.25, 0.3) is 0 Å². The molecule has 188 valence electrons. The van der Waals surface area contributed by atoms with E-state index in [1.807, 2.05) is 18.3 Å². The van der Waals surface area contributed by atoms with E-state index >= 15 is 0 Å². The third kappa shape index (κ3) is 6.38. The summed E-state index contributed by atoms with van der Waals surface area (Å²) in [5, 5.41) is 21.1. The molecule has 3 aromatic rings. The summed E-state index contributed by atoms with van der Waals surface area (Å²) in [6, 6.07) is 9.08. The van der Waals surface area contributed by atoms with Gasteiger partial charge in [-0.1, -0.05) is 18.1 Å². The monoisotopic (exact) mass is 490 g/mol. The van der Waals surface area contributed by atoms with Crippen LogP contribution in [0.5, 0.6) is 5.75 Å². The van der Waals surface area contributed by atoms with E-state index in [0.29, 0.717) is 44.2 Å². The molecule has 10 nitrogen and oxygen atoms in total. The number of nitrogens with one attached hydrogen (secondary N) is 2. The molecule has 0 aliphatic carbocycles. The molecule has 1 amide bonds. The zero-order valence-electron chi connectivity index (χ0n) is 20.3. The van der Waals surface area contributed by atoms with Crippen LogP contribution in [0.1, 0.15) is 25.3 Å². The first kappa shape index (κ1) is 25.2. The molecule has 1 aliphatic rings. The Kier molecular flexibility index (Phi) is 8.49. The van der Waals surface area contributed by atoms with Crippen molar-refractivity contribution in [3.8, 4) is 29.0 Å². The predicted octanol–water partition coefficient (Wildman–Crippen LogP) is 1.52. The number of ether oxygens (including phenoxy) is 1. The van der Waals surface area contributed by atoms with Crippen LogP contribution in [0.2, 0.25) is 0 Å². The van der Waals surface area contributed by atoms with Crippen molar-refractivity contribution in [2.75, 3.05) is 44.3 Å². The number of benzene rings is 1. The molecule has 1 aromatic carbocycles. The summed E-state index contributed by atoms with van der Waals surface area (Å²) in [5.41, 5.74) is 2.46. The van der Waals surface area contributed by atoms with Gasteiger partial charge in [-0.25, -0.2) is 9.50 Å². The summed E-state index contributed by atoms with van der Waals surface area (Å²) < 4.78 is 7.31. The highest BCUT2D eigenvalue weighted by molar-refractivity contribution is 5.97. The van der Waals surface area contributed by atoms with Gasteiger partial charge >= 0.3 is 0 Å². The first-order valence-corrected chi connectivity index (χ1v) is 12.0. The van der Waals surface area contributed by atoms with Crippen molar-refractivity contribution >= 4 is 23.0 Å². The minimum absolute atomic E-state index is 0.128. The van der Waals surface area contributed by atoms with E-state index in [0.717, 1.165) is 30.0 Å². The Labute approximate surface area is 209 Å². The Bertz CT molecular complexity index is 1290. The van der Waals surface area contributed by atoms with Crippen LogP contribution in [0.25, 0.3) is 16.9 Å². The van der Waals surface area contributed by atoms with Crippen LogP contribution in [0.3, 0.4) is 0 Å². The molecule has 0 atom stereocenters. The van der Waals surface area contributed by atoms with Crippen molar-refractivity contribution in [3.05, 3.63) is 42.1 Å². The molecule has 0 unspecified atom stereocenters. The normalized spacial score (nSPS) is 13.3. The van der Waals surface area contributed by atoms with E-state index in [9.17, 15) is 14.7 Å². The molecule has 0 bridgehead atoms. The summed E-state index contributed by atoms with van der Waals surface area (Å²) in [5.74, 6) is 5.96. The molecule has 36 heavy (non-hydrogen) atoms. The minimum atomic E-state index is -0.225. The topological polar surface area (TPSA) is 121 Å². The number of carbonyl (C=O) groups is 2. The molecule has 0 radical (unpaired) electrons. The van der Waals surface area contributed by atoms with Crippen LogP contribution < -0.4 is 15.5 Å². The van der Waals surface area contributed by atoms with E-state index in [1.165, 1.54) is 0 Å². The van der Waals surface area contributed by atoms with Crippen LogP contribution >= 0.6 is 0 Å². The highest BCUT2D eigenvalue weighted by atomic mass is 16.5. The Hall–Kier alpha value is -3.94. The fraction of sp³-hybridized carbons (Fsp3) is 0.385. The molecule has 10 heteroatoms. The fourth-order valence-electron chi connectivity index (χ4n) is 3.96. The zero-order chi connectivity index (χ0) is 25.3. The maximum atomic E-state index is 11.9. The first-order valence-electron chi connectivity index (χ1n) is 12.0. The number of nitrogens with zero attached hydrogens (tertiary/aromatic N) is 4. The van der Waals surface area contributed by atoms with Gasteiger partial charge in [-0.2, -0.15) is 0 Å². The smallest absolute Gasteiger partial charge is 0.220 e. The summed E-state index contributed by atoms with van der Waals surface area (Å²) in [6.45, 7) is 5.91. The Morgan fingerprint density at radius 2 is 1.97 bits per heavy atom. The van der Waals surface area contributed by atoms with E-state index in [-0.39, 0.29) is 30.3 Å². The predicted molar refractivity (Wildman–Crippen MR) is 136 cm³/mol. The fourth-order valence-corrected chi connectivity index (χ4v) is 3.96. The SMILES string of the molecule is CC#CC(=O)CCC(=O)NCCNCc1cc2c(N3CCOCC3)nc(-c3ccccc3O)nn2c1. The number of hydrogen-bond acceptors (Lipinski definition) is 8. The number of rotatable bonds is 10. The van der Waals surface area contributed by atoms with Crippen LogP contribution in [0, 0.1) is 11.8 Å². The number of morpholine rings is 1. The number of phenols is 1. The zero-order valence-corrected chi connectivity index (χ0v) is 20.3. The minimum Gasteiger partial charge on any atom is -0.507 e. The van der Waals surface area contributed by atoms with E-state index in [4.69, 9.17) is 9.72 Å². The number of fused-ring (bicyclic) bond motifs is 1. The Morgan fingerprint density at radius 3 is 2.75 bits per heavy atom. The second-order valence-corrected chi connectivity index (χ2v) is 8.38. The molecule has 4 rings (SSSR count). The molecule has 1 saturated heterocycles. The molecule has 1 aliphatic heterocycles. The first-order chi connectivity index (χ1) is 17.5. The molecule has 2 aromatic heterocycles. The van der Waals surface area contributed by atoms with Crippen molar-refractivity contribution in [2.45, 2.75) is 26.3 Å². The number of hydrogen-bond donors (Lipinski definition) is 3. The lowest BCUT2D eigenvalue weighted by Crippen LogP contribution is -2.37. The molecule has 3 N–H and O–H groups in total. The van der Waals surface area contributed by atoms with E-state index < -0.39 is 0 Å². The molecular weight excluding hydrogens is 460 g/mol. The van der Waals surface area contributed by atoms with Crippen molar-refractivity contribution in [1.82, 2.24) is 25.2 Å². The number of ketones is 1. The molecule has 0 saturated carbocycles. The lowest BCUT2D eigenvalue weighted by Gasteiger charge is -2.28. The molecule has 3 heterocycles. The summed E-state index contributed by atoms with van der Waals surface area (Å²) in [4.78, 5) is 30.3. The second kappa shape index (κ2) is 12.2. The second-order valence-electron chi connectivity index (χ2n) is 8.38.